The van der Waals surface area contributed by atoms with Crippen LogP contribution in [0.25, 0.3) is 0 Å². The molecule has 5 heteroatoms. The van der Waals surface area contributed by atoms with Crippen LogP contribution in [0.5, 0.6) is 11.5 Å². The van der Waals surface area contributed by atoms with Crippen LogP contribution in [0.4, 0.5) is 4.39 Å². The highest BCUT2D eigenvalue weighted by atomic mass is 35.5. The van der Waals surface area contributed by atoms with Gasteiger partial charge in [0, 0.05) is 17.1 Å². The van der Waals surface area contributed by atoms with Crippen LogP contribution in [0.3, 0.4) is 0 Å². The molecule has 1 N–H and O–H groups in total. The van der Waals surface area contributed by atoms with Crippen molar-refractivity contribution in [1.29, 1.82) is 0 Å². The highest BCUT2D eigenvalue weighted by Gasteiger charge is 2.08. The van der Waals surface area contributed by atoms with Crippen molar-refractivity contribution in [2.24, 2.45) is 0 Å². The Balaban J connectivity index is 1.54. The third kappa shape index (κ3) is 5.47. The molecule has 0 radical (unpaired) electrons. The zero-order valence-corrected chi connectivity index (χ0v) is 16.5. The molecule has 3 rings (SSSR count). The Morgan fingerprint density at radius 3 is 2.43 bits per heavy atom. The Morgan fingerprint density at radius 1 is 0.929 bits per heavy atom. The van der Waals surface area contributed by atoms with Gasteiger partial charge in [-0.1, -0.05) is 54.1 Å². The van der Waals surface area contributed by atoms with Crippen LogP contribution in [0, 0.1) is 5.82 Å². The second-order valence-electron chi connectivity index (χ2n) is 6.38. The lowest BCUT2D eigenvalue weighted by molar-refractivity contribution is 0.284. The number of ether oxygens (including phenoxy) is 2. The van der Waals surface area contributed by atoms with Gasteiger partial charge in [0.25, 0.3) is 0 Å². The van der Waals surface area contributed by atoms with Crippen molar-refractivity contribution in [3.8, 4) is 11.5 Å². The lowest BCUT2D eigenvalue weighted by atomic mass is 10.1. The Labute approximate surface area is 170 Å². The van der Waals surface area contributed by atoms with E-state index in [9.17, 15) is 4.39 Å². The van der Waals surface area contributed by atoms with Gasteiger partial charge < -0.3 is 14.8 Å². The molecule has 3 aromatic carbocycles. The summed E-state index contributed by atoms with van der Waals surface area (Å²) in [5.74, 6) is 1.17. The summed E-state index contributed by atoms with van der Waals surface area (Å²) < 4.78 is 25.0. The SMILES string of the molecule is COc1cc(CNCCc2ccccc2F)ccc1OCc1ccccc1Cl. The second kappa shape index (κ2) is 10.1. The molecule has 0 aliphatic heterocycles. The average Bonchev–Trinajstić information content (AvgIpc) is 2.72. The van der Waals surface area contributed by atoms with Gasteiger partial charge in [0.1, 0.15) is 12.4 Å². The molecule has 0 amide bonds. The van der Waals surface area contributed by atoms with Gasteiger partial charge in [0.05, 0.1) is 7.11 Å². The highest BCUT2D eigenvalue weighted by molar-refractivity contribution is 6.31. The smallest absolute Gasteiger partial charge is 0.161 e. The van der Waals surface area contributed by atoms with Crippen LogP contribution in [0.15, 0.2) is 66.7 Å². The molecule has 3 aromatic rings. The summed E-state index contributed by atoms with van der Waals surface area (Å²) in [6, 6.07) is 20.3. The number of halogens is 2. The van der Waals surface area contributed by atoms with Crippen molar-refractivity contribution in [1.82, 2.24) is 5.32 Å². The van der Waals surface area contributed by atoms with Gasteiger partial charge in [-0.3, -0.25) is 0 Å². The first-order valence-corrected chi connectivity index (χ1v) is 9.52. The van der Waals surface area contributed by atoms with Gasteiger partial charge >= 0.3 is 0 Å². The summed E-state index contributed by atoms with van der Waals surface area (Å²) in [5, 5.41) is 4.01. The maximum Gasteiger partial charge on any atom is 0.161 e. The molecule has 146 valence electrons. The first-order chi connectivity index (χ1) is 13.7. The van der Waals surface area contributed by atoms with Crippen LogP contribution < -0.4 is 14.8 Å². The topological polar surface area (TPSA) is 30.5 Å². The minimum Gasteiger partial charge on any atom is -0.493 e. The second-order valence-corrected chi connectivity index (χ2v) is 6.79. The van der Waals surface area contributed by atoms with E-state index in [1.165, 1.54) is 6.07 Å². The fourth-order valence-electron chi connectivity index (χ4n) is 2.87. The molecule has 0 saturated heterocycles. The standard InChI is InChI=1S/C23H23ClFNO2/c1-27-23-14-17(15-26-13-12-18-6-3-5-9-21(18)25)10-11-22(23)28-16-19-7-2-4-8-20(19)24/h2-11,14,26H,12-13,15-16H2,1H3. The number of benzene rings is 3. The first-order valence-electron chi connectivity index (χ1n) is 9.14. The third-order valence-electron chi connectivity index (χ3n) is 4.43. The van der Waals surface area contributed by atoms with Crippen LogP contribution >= 0.6 is 11.6 Å². The number of rotatable bonds is 9. The molecule has 0 unspecified atom stereocenters. The summed E-state index contributed by atoms with van der Waals surface area (Å²) in [4.78, 5) is 0. The molecule has 0 heterocycles. The summed E-state index contributed by atoms with van der Waals surface area (Å²) >= 11 is 6.17. The number of nitrogens with one attached hydrogen (secondary N) is 1. The average molecular weight is 400 g/mol. The lowest BCUT2D eigenvalue weighted by Crippen LogP contribution is -2.17. The normalized spacial score (nSPS) is 10.7. The van der Waals surface area contributed by atoms with Crippen molar-refractivity contribution in [2.75, 3.05) is 13.7 Å². The van der Waals surface area contributed by atoms with E-state index in [1.54, 1.807) is 13.2 Å². The van der Waals surface area contributed by atoms with E-state index < -0.39 is 0 Å². The summed E-state index contributed by atoms with van der Waals surface area (Å²) in [5.41, 5.74) is 2.71. The fraction of sp³-hybridized carbons (Fsp3) is 0.217. The summed E-state index contributed by atoms with van der Waals surface area (Å²) in [6.45, 7) is 1.72. The molecule has 28 heavy (non-hydrogen) atoms. The summed E-state index contributed by atoms with van der Waals surface area (Å²) in [7, 11) is 1.62. The van der Waals surface area contributed by atoms with Gasteiger partial charge in [-0.2, -0.15) is 0 Å². The van der Waals surface area contributed by atoms with Gasteiger partial charge in [-0.25, -0.2) is 4.39 Å². The van der Waals surface area contributed by atoms with Crippen LogP contribution in [0.2, 0.25) is 5.02 Å². The Morgan fingerprint density at radius 2 is 1.68 bits per heavy atom. The number of methoxy groups -OCH3 is 1. The van der Waals surface area contributed by atoms with E-state index in [0.29, 0.717) is 42.6 Å². The molecule has 0 fully saturated rings. The zero-order valence-electron chi connectivity index (χ0n) is 15.8. The lowest BCUT2D eigenvalue weighted by Gasteiger charge is -2.13. The Hall–Kier alpha value is -2.56. The van der Waals surface area contributed by atoms with Gasteiger partial charge in [0.2, 0.25) is 0 Å². The van der Waals surface area contributed by atoms with Crippen molar-refractivity contribution < 1.29 is 13.9 Å². The summed E-state index contributed by atoms with van der Waals surface area (Å²) in [6.07, 6.45) is 0.642. The van der Waals surface area contributed by atoms with E-state index in [4.69, 9.17) is 21.1 Å². The Bertz CT molecular complexity index is 917. The van der Waals surface area contributed by atoms with Crippen molar-refractivity contribution >= 4 is 11.6 Å². The molecule has 0 spiro atoms. The fourth-order valence-corrected chi connectivity index (χ4v) is 3.06. The Kier molecular flexibility index (Phi) is 7.29. The van der Waals surface area contributed by atoms with Crippen LogP contribution in [-0.4, -0.2) is 13.7 Å². The quantitative estimate of drug-likeness (QED) is 0.489. The minimum absolute atomic E-state index is 0.161. The van der Waals surface area contributed by atoms with Crippen molar-refractivity contribution in [2.45, 2.75) is 19.6 Å². The van der Waals surface area contributed by atoms with Crippen molar-refractivity contribution in [3.05, 3.63) is 94.3 Å². The molecular weight excluding hydrogens is 377 g/mol. The molecule has 0 aliphatic rings. The largest absolute Gasteiger partial charge is 0.493 e. The predicted octanol–water partition coefficient (Wildman–Crippen LogP) is 5.40. The zero-order chi connectivity index (χ0) is 19.8. The van der Waals surface area contributed by atoms with E-state index >= 15 is 0 Å². The van der Waals surface area contributed by atoms with Crippen LogP contribution in [-0.2, 0) is 19.6 Å². The number of hydrogen-bond acceptors (Lipinski definition) is 3. The maximum atomic E-state index is 13.6. The van der Waals surface area contributed by atoms with E-state index in [1.807, 2.05) is 54.6 Å². The van der Waals surface area contributed by atoms with E-state index in [2.05, 4.69) is 5.32 Å². The molecule has 0 bridgehead atoms. The van der Waals surface area contributed by atoms with Crippen LogP contribution in [0.1, 0.15) is 16.7 Å². The highest BCUT2D eigenvalue weighted by Crippen LogP contribution is 2.29. The monoisotopic (exact) mass is 399 g/mol. The molecular formula is C23H23ClFNO2. The number of hydrogen-bond donors (Lipinski definition) is 1. The molecule has 3 nitrogen and oxygen atoms in total. The molecule has 0 saturated carbocycles. The van der Waals surface area contributed by atoms with E-state index in [0.717, 1.165) is 16.7 Å². The first kappa shape index (κ1) is 20.2. The third-order valence-corrected chi connectivity index (χ3v) is 4.80. The molecule has 0 atom stereocenters. The van der Waals surface area contributed by atoms with Gasteiger partial charge in [-0.15, -0.1) is 0 Å². The van der Waals surface area contributed by atoms with Crippen molar-refractivity contribution in [3.63, 3.8) is 0 Å². The predicted molar refractivity (Wildman–Crippen MR) is 111 cm³/mol. The van der Waals surface area contributed by atoms with Gasteiger partial charge in [-0.05, 0) is 48.4 Å². The maximum absolute atomic E-state index is 13.6. The van der Waals surface area contributed by atoms with Gasteiger partial charge in [0.15, 0.2) is 11.5 Å². The minimum atomic E-state index is -0.161. The molecule has 0 aromatic heterocycles. The molecule has 0 aliphatic carbocycles. The van der Waals surface area contributed by atoms with E-state index in [-0.39, 0.29) is 5.82 Å².